The van der Waals surface area contributed by atoms with Crippen LogP contribution in [0.25, 0.3) is 0 Å². The molecule has 3 rings (SSSR count). The summed E-state index contributed by atoms with van der Waals surface area (Å²) in [5.74, 6) is 1.33. The number of aryl methyl sites for hydroxylation is 1. The van der Waals surface area contributed by atoms with Gasteiger partial charge in [0.05, 0.1) is 0 Å². The first-order valence-electron chi connectivity index (χ1n) is 9.89. The smallest absolute Gasteiger partial charge is 0.0210 e. The van der Waals surface area contributed by atoms with E-state index in [9.17, 15) is 0 Å². The molecule has 25 heavy (non-hydrogen) atoms. The van der Waals surface area contributed by atoms with Gasteiger partial charge in [-0.25, -0.2) is 0 Å². The van der Waals surface area contributed by atoms with E-state index in [-0.39, 0.29) is 5.41 Å². The quantitative estimate of drug-likeness (QED) is 0.554. The van der Waals surface area contributed by atoms with Gasteiger partial charge in [0.2, 0.25) is 0 Å². The monoisotopic (exact) mass is 334 g/mol. The SMILES string of the molecule is Cc1ccc(C2(c3ccc(C(C)C)cc3)CC(C)CC(C)(C)C2)cc1. The van der Waals surface area contributed by atoms with Crippen molar-refractivity contribution in [2.75, 3.05) is 0 Å². The lowest BCUT2D eigenvalue weighted by Crippen LogP contribution is -2.41. The van der Waals surface area contributed by atoms with Crippen molar-refractivity contribution < 1.29 is 0 Å². The average molecular weight is 335 g/mol. The molecule has 0 nitrogen and oxygen atoms in total. The van der Waals surface area contributed by atoms with E-state index in [2.05, 4.69) is 90.1 Å². The molecule has 2 aromatic carbocycles. The molecule has 0 saturated heterocycles. The zero-order valence-electron chi connectivity index (χ0n) is 16.9. The molecule has 2 atom stereocenters. The maximum absolute atomic E-state index is 2.45. The van der Waals surface area contributed by atoms with Gasteiger partial charge in [-0.15, -0.1) is 0 Å². The zero-order valence-corrected chi connectivity index (χ0v) is 16.9. The second kappa shape index (κ2) is 6.63. The van der Waals surface area contributed by atoms with Crippen LogP contribution in [-0.4, -0.2) is 0 Å². The molecular formula is C25H34. The fourth-order valence-electron chi connectivity index (χ4n) is 5.24. The van der Waals surface area contributed by atoms with Gasteiger partial charge < -0.3 is 0 Å². The molecule has 1 aliphatic rings. The van der Waals surface area contributed by atoms with E-state index in [1.54, 1.807) is 0 Å². The molecule has 2 unspecified atom stereocenters. The summed E-state index contributed by atoms with van der Waals surface area (Å²) < 4.78 is 0. The summed E-state index contributed by atoms with van der Waals surface area (Å²) >= 11 is 0. The van der Waals surface area contributed by atoms with Crippen molar-refractivity contribution in [1.82, 2.24) is 0 Å². The lowest BCUT2D eigenvalue weighted by Gasteiger charge is -2.49. The largest absolute Gasteiger partial charge is 0.0624 e. The Bertz CT molecular complexity index is 703. The van der Waals surface area contributed by atoms with E-state index in [0.717, 1.165) is 5.92 Å². The molecule has 0 amide bonds. The van der Waals surface area contributed by atoms with Crippen LogP contribution in [0.15, 0.2) is 48.5 Å². The lowest BCUT2D eigenvalue weighted by atomic mass is 9.55. The molecule has 0 N–H and O–H groups in total. The van der Waals surface area contributed by atoms with Crippen molar-refractivity contribution in [1.29, 1.82) is 0 Å². The zero-order chi connectivity index (χ0) is 18.2. The van der Waals surface area contributed by atoms with Crippen LogP contribution in [0.5, 0.6) is 0 Å². The molecule has 0 aliphatic heterocycles. The Labute approximate surface area is 154 Å². The molecule has 0 aromatic heterocycles. The lowest BCUT2D eigenvalue weighted by molar-refractivity contribution is 0.127. The number of hydrogen-bond donors (Lipinski definition) is 0. The highest BCUT2D eigenvalue weighted by Crippen LogP contribution is 2.53. The Morgan fingerprint density at radius 2 is 1.36 bits per heavy atom. The molecule has 1 aliphatic carbocycles. The van der Waals surface area contributed by atoms with Gasteiger partial charge in [0.15, 0.2) is 0 Å². The first-order valence-corrected chi connectivity index (χ1v) is 9.89. The fourth-order valence-corrected chi connectivity index (χ4v) is 5.24. The number of benzene rings is 2. The van der Waals surface area contributed by atoms with Crippen molar-refractivity contribution in [2.24, 2.45) is 11.3 Å². The first kappa shape index (κ1) is 18.2. The van der Waals surface area contributed by atoms with Crippen LogP contribution in [-0.2, 0) is 5.41 Å². The predicted octanol–water partition coefficient (Wildman–Crippen LogP) is 7.25. The van der Waals surface area contributed by atoms with Crippen molar-refractivity contribution in [3.63, 3.8) is 0 Å². The van der Waals surface area contributed by atoms with Gasteiger partial charge >= 0.3 is 0 Å². The molecule has 0 heterocycles. The highest BCUT2D eigenvalue weighted by molar-refractivity contribution is 5.43. The Hall–Kier alpha value is -1.56. The summed E-state index contributed by atoms with van der Waals surface area (Å²) in [6, 6.07) is 18.8. The standard InChI is InChI=1S/C25H34/c1-18(2)21-9-13-23(14-10-21)25(22-11-7-19(3)8-12-22)16-20(4)15-24(5,6)17-25/h7-14,18,20H,15-17H2,1-6H3. The van der Waals surface area contributed by atoms with Crippen molar-refractivity contribution in [3.05, 3.63) is 70.8 Å². The minimum absolute atomic E-state index is 0.143. The Morgan fingerprint density at radius 1 is 0.840 bits per heavy atom. The molecule has 1 saturated carbocycles. The van der Waals surface area contributed by atoms with Crippen LogP contribution in [0.4, 0.5) is 0 Å². The van der Waals surface area contributed by atoms with E-state index in [1.165, 1.54) is 41.5 Å². The van der Waals surface area contributed by atoms with Crippen molar-refractivity contribution in [2.45, 2.75) is 72.1 Å². The van der Waals surface area contributed by atoms with Crippen molar-refractivity contribution >= 4 is 0 Å². The Balaban J connectivity index is 2.13. The minimum Gasteiger partial charge on any atom is -0.0624 e. The molecule has 134 valence electrons. The Kier molecular flexibility index (Phi) is 4.84. The molecule has 0 heteroatoms. The predicted molar refractivity (Wildman–Crippen MR) is 109 cm³/mol. The Morgan fingerprint density at radius 3 is 1.84 bits per heavy atom. The maximum Gasteiger partial charge on any atom is 0.0210 e. The summed E-state index contributed by atoms with van der Waals surface area (Å²) in [5.41, 5.74) is 6.29. The highest BCUT2D eigenvalue weighted by Gasteiger charge is 2.45. The molecular weight excluding hydrogens is 300 g/mol. The third-order valence-corrected chi connectivity index (χ3v) is 6.11. The molecule has 0 spiro atoms. The second-order valence-electron chi connectivity index (χ2n) is 9.58. The normalized spacial score (nSPS) is 26.0. The molecule has 2 aromatic rings. The van der Waals surface area contributed by atoms with Gasteiger partial charge in [-0.1, -0.05) is 88.7 Å². The highest BCUT2D eigenvalue weighted by atomic mass is 14.5. The van der Waals surface area contributed by atoms with Gasteiger partial charge in [-0.3, -0.25) is 0 Å². The first-order chi connectivity index (χ1) is 11.7. The summed E-state index contributed by atoms with van der Waals surface area (Å²) in [5, 5.41) is 0. The van der Waals surface area contributed by atoms with Gasteiger partial charge in [-0.2, -0.15) is 0 Å². The summed E-state index contributed by atoms with van der Waals surface area (Å²) in [6.45, 7) is 14.1. The third kappa shape index (κ3) is 3.68. The topological polar surface area (TPSA) is 0 Å². The van der Waals surface area contributed by atoms with E-state index < -0.39 is 0 Å². The van der Waals surface area contributed by atoms with Crippen molar-refractivity contribution in [3.8, 4) is 0 Å². The molecule has 0 bridgehead atoms. The third-order valence-electron chi connectivity index (χ3n) is 6.11. The van der Waals surface area contributed by atoms with Gasteiger partial charge in [0.25, 0.3) is 0 Å². The average Bonchev–Trinajstić information content (AvgIpc) is 2.53. The van der Waals surface area contributed by atoms with Crippen LogP contribution in [0.3, 0.4) is 0 Å². The molecule has 1 fully saturated rings. The van der Waals surface area contributed by atoms with Gasteiger partial charge in [-0.05, 0) is 60.1 Å². The van der Waals surface area contributed by atoms with Crippen LogP contribution >= 0.6 is 0 Å². The minimum atomic E-state index is 0.143. The second-order valence-corrected chi connectivity index (χ2v) is 9.58. The summed E-state index contributed by atoms with van der Waals surface area (Å²) in [6.07, 6.45) is 3.81. The van der Waals surface area contributed by atoms with E-state index in [4.69, 9.17) is 0 Å². The van der Waals surface area contributed by atoms with E-state index >= 15 is 0 Å². The summed E-state index contributed by atoms with van der Waals surface area (Å²) in [4.78, 5) is 0. The van der Waals surface area contributed by atoms with E-state index in [0.29, 0.717) is 11.3 Å². The summed E-state index contributed by atoms with van der Waals surface area (Å²) in [7, 11) is 0. The van der Waals surface area contributed by atoms with Crippen LogP contribution in [0.2, 0.25) is 0 Å². The molecule has 0 radical (unpaired) electrons. The number of hydrogen-bond acceptors (Lipinski definition) is 0. The van der Waals surface area contributed by atoms with Crippen LogP contribution in [0.1, 0.15) is 82.1 Å². The fraction of sp³-hybridized carbons (Fsp3) is 0.520. The van der Waals surface area contributed by atoms with E-state index in [1.807, 2.05) is 0 Å². The van der Waals surface area contributed by atoms with Crippen LogP contribution in [0, 0.1) is 18.3 Å². The van der Waals surface area contributed by atoms with Gasteiger partial charge in [0.1, 0.15) is 0 Å². The number of rotatable bonds is 3. The van der Waals surface area contributed by atoms with Gasteiger partial charge in [0, 0.05) is 5.41 Å². The van der Waals surface area contributed by atoms with Crippen LogP contribution < -0.4 is 0 Å². The maximum atomic E-state index is 2.45.